The average molecular weight is 390 g/mol. The topological polar surface area (TPSA) is 77.4 Å². The Labute approximate surface area is 169 Å². The highest BCUT2D eigenvalue weighted by Crippen LogP contribution is 2.29. The summed E-state index contributed by atoms with van der Waals surface area (Å²) in [6, 6.07) is 10.8. The second kappa shape index (κ2) is 8.68. The van der Waals surface area contributed by atoms with Crippen LogP contribution in [0.2, 0.25) is 0 Å². The monoisotopic (exact) mass is 390 g/mol. The van der Waals surface area contributed by atoms with E-state index in [1.165, 1.54) is 0 Å². The first-order valence-corrected chi connectivity index (χ1v) is 9.56. The van der Waals surface area contributed by atoms with Crippen LogP contribution in [0.25, 0.3) is 0 Å². The smallest absolute Gasteiger partial charge is 0.253 e. The van der Waals surface area contributed by atoms with Gasteiger partial charge in [0.15, 0.2) is 0 Å². The van der Waals surface area contributed by atoms with E-state index >= 15 is 0 Å². The molecule has 1 aliphatic rings. The summed E-state index contributed by atoms with van der Waals surface area (Å²) in [6.07, 6.45) is 8.50. The minimum Gasteiger partial charge on any atom is -0.497 e. The van der Waals surface area contributed by atoms with E-state index in [1.807, 2.05) is 23.1 Å². The van der Waals surface area contributed by atoms with Gasteiger partial charge in [-0.3, -0.25) is 14.8 Å². The van der Waals surface area contributed by atoms with E-state index in [-0.39, 0.29) is 11.8 Å². The van der Waals surface area contributed by atoms with Gasteiger partial charge < -0.3 is 14.4 Å². The van der Waals surface area contributed by atoms with Crippen LogP contribution < -0.4 is 9.47 Å². The molecule has 7 nitrogen and oxygen atoms in total. The van der Waals surface area contributed by atoms with Crippen molar-refractivity contribution in [3.8, 4) is 17.4 Å². The number of carbonyl (C=O) groups excluding carboxylic acids is 1. The minimum absolute atomic E-state index is 0.0221. The van der Waals surface area contributed by atoms with Crippen molar-refractivity contribution >= 4 is 5.91 Å². The third kappa shape index (κ3) is 4.51. The molecule has 1 aliphatic heterocycles. The quantitative estimate of drug-likeness (QED) is 0.661. The predicted octanol–water partition coefficient (Wildman–Crippen LogP) is 3.69. The number of hydrogen-bond acceptors (Lipinski definition) is 6. The van der Waals surface area contributed by atoms with Crippen molar-refractivity contribution in [2.45, 2.75) is 18.8 Å². The van der Waals surface area contributed by atoms with Crippen LogP contribution in [0.1, 0.15) is 34.8 Å². The molecule has 1 atom stereocenters. The lowest BCUT2D eigenvalue weighted by Crippen LogP contribution is -2.39. The maximum atomic E-state index is 12.8. The Morgan fingerprint density at radius 1 is 1.10 bits per heavy atom. The molecular weight excluding hydrogens is 368 g/mol. The van der Waals surface area contributed by atoms with Crippen LogP contribution in [0.5, 0.6) is 17.4 Å². The fraction of sp³-hybridized carbons (Fsp3) is 0.273. The molecule has 2 aromatic heterocycles. The normalized spacial score (nSPS) is 16.3. The van der Waals surface area contributed by atoms with Gasteiger partial charge in [-0.05, 0) is 37.1 Å². The number of carbonyl (C=O) groups is 1. The number of likely N-dealkylation sites (tertiary alicyclic amines) is 1. The van der Waals surface area contributed by atoms with Gasteiger partial charge in [0.2, 0.25) is 5.88 Å². The largest absolute Gasteiger partial charge is 0.497 e. The van der Waals surface area contributed by atoms with Gasteiger partial charge in [0.05, 0.1) is 19.0 Å². The van der Waals surface area contributed by atoms with Crippen LogP contribution in [0.15, 0.2) is 61.2 Å². The van der Waals surface area contributed by atoms with Gasteiger partial charge in [0, 0.05) is 49.2 Å². The standard InChI is InChI=1S/C22H22N4O3/c1-28-18-5-2-6-19(12-18)29-21-14-24-13-20(25-21)17-4-3-11-26(15-17)22(27)16-7-9-23-10-8-16/h2,5-10,12-14,17H,3-4,11,15H2,1H3/t17-/m0/s1. The first-order valence-electron chi connectivity index (χ1n) is 9.56. The maximum Gasteiger partial charge on any atom is 0.253 e. The zero-order chi connectivity index (χ0) is 20.1. The SMILES string of the molecule is COc1cccc(Oc2cncc([C@H]3CCCN(C(=O)c4ccncc4)C3)n2)c1. The summed E-state index contributed by atoms with van der Waals surface area (Å²) >= 11 is 0. The second-order valence-corrected chi connectivity index (χ2v) is 6.89. The van der Waals surface area contributed by atoms with E-state index in [9.17, 15) is 4.79 Å². The van der Waals surface area contributed by atoms with E-state index in [1.54, 1.807) is 50.1 Å². The lowest BCUT2D eigenvalue weighted by Gasteiger charge is -2.32. The molecule has 0 bridgehead atoms. The summed E-state index contributed by atoms with van der Waals surface area (Å²) in [5, 5.41) is 0. The molecule has 0 saturated carbocycles. The van der Waals surface area contributed by atoms with Gasteiger partial charge in [0.1, 0.15) is 11.5 Å². The van der Waals surface area contributed by atoms with Crippen LogP contribution in [-0.2, 0) is 0 Å². The molecule has 3 heterocycles. The van der Waals surface area contributed by atoms with E-state index in [0.29, 0.717) is 29.5 Å². The highest BCUT2D eigenvalue weighted by molar-refractivity contribution is 5.94. The van der Waals surface area contributed by atoms with Crippen molar-refractivity contribution < 1.29 is 14.3 Å². The maximum absolute atomic E-state index is 12.8. The predicted molar refractivity (Wildman–Crippen MR) is 107 cm³/mol. The summed E-state index contributed by atoms with van der Waals surface area (Å²) in [5.74, 6) is 1.91. The Balaban J connectivity index is 1.48. The fourth-order valence-electron chi connectivity index (χ4n) is 3.47. The van der Waals surface area contributed by atoms with E-state index in [0.717, 1.165) is 25.1 Å². The molecule has 4 rings (SSSR count). The van der Waals surface area contributed by atoms with Crippen LogP contribution in [-0.4, -0.2) is 46.0 Å². The zero-order valence-corrected chi connectivity index (χ0v) is 16.2. The van der Waals surface area contributed by atoms with Crippen molar-refractivity contribution in [2.24, 2.45) is 0 Å². The number of aromatic nitrogens is 3. The number of benzene rings is 1. The summed E-state index contributed by atoms with van der Waals surface area (Å²) in [5.41, 5.74) is 1.49. The van der Waals surface area contributed by atoms with Crippen molar-refractivity contribution in [2.75, 3.05) is 20.2 Å². The van der Waals surface area contributed by atoms with Crippen molar-refractivity contribution in [1.29, 1.82) is 0 Å². The number of piperidine rings is 1. The molecule has 148 valence electrons. The van der Waals surface area contributed by atoms with E-state index < -0.39 is 0 Å². The summed E-state index contributed by atoms with van der Waals surface area (Å²) < 4.78 is 11.1. The molecular formula is C22H22N4O3. The third-order valence-corrected chi connectivity index (χ3v) is 4.95. The lowest BCUT2D eigenvalue weighted by molar-refractivity contribution is 0.0705. The number of rotatable bonds is 5. The lowest BCUT2D eigenvalue weighted by atomic mass is 9.94. The van der Waals surface area contributed by atoms with Crippen LogP contribution in [0, 0.1) is 0 Å². The van der Waals surface area contributed by atoms with Crippen LogP contribution >= 0.6 is 0 Å². The van der Waals surface area contributed by atoms with E-state index in [2.05, 4.69) is 15.0 Å². The molecule has 0 spiro atoms. The van der Waals surface area contributed by atoms with Crippen molar-refractivity contribution in [3.05, 3.63) is 72.4 Å². The van der Waals surface area contributed by atoms with Crippen LogP contribution in [0.3, 0.4) is 0 Å². The molecule has 1 amide bonds. The number of methoxy groups -OCH3 is 1. The molecule has 29 heavy (non-hydrogen) atoms. The number of nitrogens with zero attached hydrogens (tertiary/aromatic N) is 4. The summed E-state index contributed by atoms with van der Waals surface area (Å²) in [7, 11) is 1.61. The Morgan fingerprint density at radius 3 is 2.76 bits per heavy atom. The molecule has 3 aromatic rings. The molecule has 0 N–H and O–H groups in total. The van der Waals surface area contributed by atoms with E-state index in [4.69, 9.17) is 9.47 Å². The molecule has 0 aliphatic carbocycles. The molecule has 0 unspecified atom stereocenters. The number of pyridine rings is 1. The molecule has 0 radical (unpaired) electrons. The number of hydrogen-bond donors (Lipinski definition) is 0. The highest BCUT2D eigenvalue weighted by atomic mass is 16.5. The van der Waals surface area contributed by atoms with Crippen LogP contribution in [0.4, 0.5) is 0 Å². The molecule has 1 fully saturated rings. The van der Waals surface area contributed by atoms with Crippen molar-refractivity contribution in [1.82, 2.24) is 19.9 Å². The second-order valence-electron chi connectivity index (χ2n) is 6.89. The van der Waals surface area contributed by atoms with Gasteiger partial charge >= 0.3 is 0 Å². The Bertz CT molecular complexity index is 981. The Kier molecular flexibility index (Phi) is 5.65. The fourth-order valence-corrected chi connectivity index (χ4v) is 3.47. The minimum atomic E-state index is 0.0221. The first-order chi connectivity index (χ1) is 14.2. The zero-order valence-electron chi connectivity index (χ0n) is 16.2. The van der Waals surface area contributed by atoms with Gasteiger partial charge in [-0.25, -0.2) is 4.98 Å². The number of ether oxygens (including phenoxy) is 2. The first kappa shape index (κ1) is 18.9. The van der Waals surface area contributed by atoms with Gasteiger partial charge in [-0.1, -0.05) is 6.07 Å². The Morgan fingerprint density at radius 2 is 1.93 bits per heavy atom. The summed E-state index contributed by atoms with van der Waals surface area (Å²) in [6.45, 7) is 1.35. The Hall–Kier alpha value is -3.48. The van der Waals surface area contributed by atoms with Crippen molar-refractivity contribution in [3.63, 3.8) is 0 Å². The van der Waals surface area contributed by atoms with Gasteiger partial charge in [-0.2, -0.15) is 0 Å². The summed E-state index contributed by atoms with van der Waals surface area (Å²) in [4.78, 5) is 27.6. The van der Waals surface area contributed by atoms with Gasteiger partial charge in [0.25, 0.3) is 5.91 Å². The number of amides is 1. The third-order valence-electron chi connectivity index (χ3n) is 4.95. The molecule has 1 saturated heterocycles. The highest BCUT2D eigenvalue weighted by Gasteiger charge is 2.26. The van der Waals surface area contributed by atoms with Gasteiger partial charge in [-0.15, -0.1) is 0 Å². The molecule has 7 heteroatoms. The molecule has 1 aromatic carbocycles. The average Bonchev–Trinajstić information content (AvgIpc) is 2.79.